The molecule has 0 aliphatic rings. The van der Waals surface area contributed by atoms with Gasteiger partial charge in [-0.2, -0.15) is 10.5 Å². The van der Waals surface area contributed by atoms with Gasteiger partial charge >= 0.3 is 23.9 Å². The van der Waals surface area contributed by atoms with Crippen molar-refractivity contribution in [2.45, 2.75) is 134 Å². The molecular formula is C33H57N7O10. The molecule has 50 heavy (non-hydrogen) atoms. The molecule has 0 saturated carbocycles. The molecule has 0 fully saturated rings. The van der Waals surface area contributed by atoms with Crippen LogP contribution in [0.4, 0.5) is 0 Å². The third kappa shape index (κ3) is 28.6. The number of carbonyl (C=O) groups excluding carboxylic acids is 2. The number of carboxylic acid groups (broad SMARTS) is 4. The Bertz CT molecular complexity index is 1130. The summed E-state index contributed by atoms with van der Waals surface area (Å²) >= 11 is 0. The molecule has 0 heterocycles. The van der Waals surface area contributed by atoms with Crippen LogP contribution in [0, 0.1) is 28.6 Å². The predicted molar refractivity (Wildman–Crippen MR) is 184 cm³/mol. The zero-order valence-electron chi connectivity index (χ0n) is 29.7. The van der Waals surface area contributed by atoms with Gasteiger partial charge in [0.2, 0.25) is 5.91 Å². The fourth-order valence-electron chi connectivity index (χ4n) is 3.53. The van der Waals surface area contributed by atoms with Crippen molar-refractivity contribution < 1.29 is 49.2 Å². The number of hydrogen-bond donors (Lipinski definition) is 9. The molecule has 0 bridgehead atoms. The zero-order valence-corrected chi connectivity index (χ0v) is 29.7. The molecule has 0 aliphatic carbocycles. The van der Waals surface area contributed by atoms with Gasteiger partial charge in [-0.15, -0.1) is 0 Å². The largest absolute Gasteiger partial charge is 0.481 e. The number of hydrazine groups is 1. The first kappa shape index (κ1) is 50.0. The Labute approximate surface area is 294 Å². The molecule has 0 radical (unpaired) electrons. The molecule has 0 aliphatic heterocycles. The first-order valence-corrected chi connectivity index (χ1v) is 16.4. The van der Waals surface area contributed by atoms with Gasteiger partial charge in [0.15, 0.2) is 5.78 Å². The van der Waals surface area contributed by atoms with E-state index >= 15 is 0 Å². The molecule has 0 spiro atoms. The number of carboxylic acids is 4. The number of allylic oxidation sites excluding steroid dienone is 1. The van der Waals surface area contributed by atoms with Crippen LogP contribution in [0.25, 0.3) is 0 Å². The van der Waals surface area contributed by atoms with Crippen LogP contribution in [0.3, 0.4) is 0 Å². The van der Waals surface area contributed by atoms with E-state index in [2.05, 4.69) is 22.7 Å². The van der Waals surface area contributed by atoms with Crippen molar-refractivity contribution in [1.82, 2.24) is 16.2 Å². The number of nitrogens with two attached hydrogens (primary N) is 2. The molecule has 3 unspecified atom stereocenters. The van der Waals surface area contributed by atoms with Crippen molar-refractivity contribution in [3.05, 3.63) is 12.7 Å². The maximum absolute atomic E-state index is 11.3. The summed E-state index contributed by atoms with van der Waals surface area (Å²) < 4.78 is 0. The number of rotatable bonds is 25. The predicted octanol–water partition coefficient (Wildman–Crippen LogP) is 2.21. The standard InChI is InChI=1S/C12H18N4O4.C11H22N2O3.C10H17NO3/c1-11(7-13,5-3-9(17)18)15-16-12(2,8-14)6-4-10(19)20;1-3-8(2)10(14)13-7-5-4-6-9(12)11(15)16;1-2-8(12)6-4-3-5-7-9(11)10(13)14/h15-16H,3-6H2,1-2H3,(H,17,18)(H,19,20);8-9H,3-7,12H2,1-2H3,(H,13,14)(H,15,16);2,9H,1,3-7,11H2,(H,13,14)/t;8?,9-;9-/m.00/s1. The van der Waals surface area contributed by atoms with Crippen LogP contribution < -0.4 is 27.6 Å². The Hall–Kier alpha value is -4.42. The second-order valence-electron chi connectivity index (χ2n) is 12.2. The van der Waals surface area contributed by atoms with E-state index in [1.165, 1.54) is 19.9 Å². The van der Waals surface area contributed by atoms with Crippen molar-refractivity contribution in [3.63, 3.8) is 0 Å². The summed E-state index contributed by atoms with van der Waals surface area (Å²) in [5, 5.41) is 55.2. The zero-order chi connectivity index (χ0) is 39.3. The van der Waals surface area contributed by atoms with Gasteiger partial charge in [-0.25, -0.2) is 10.9 Å². The fraction of sp³-hybridized carbons (Fsp3) is 0.697. The molecule has 0 aromatic carbocycles. The van der Waals surface area contributed by atoms with Crippen LogP contribution >= 0.6 is 0 Å². The SMILES string of the molecule is C=CC(=O)CCCCC[C@H](N)C(=O)O.CC(C#N)(CCC(=O)O)NNC(C)(C#N)CCC(=O)O.CCC(C)C(=O)NCCCC[C@H](N)C(=O)O. The number of nitrogens with zero attached hydrogens (tertiary/aromatic N) is 2. The molecule has 1 amide bonds. The maximum atomic E-state index is 11.3. The second kappa shape index (κ2) is 28.4. The van der Waals surface area contributed by atoms with Crippen LogP contribution in [0.1, 0.15) is 111 Å². The molecule has 0 aromatic rings. The van der Waals surface area contributed by atoms with E-state index < -0.39 is 47.0 Å². The second-order valence-corrected chi connectivity index (χ2v) is 12.2. The third-order valence-electron chi connectivity index (χ3n) is 7.39. The number of hydrogen-bond acceptors (Lipinski definition) is 12. The summed E-state index contributed by atoms with van der Waals surface area (Å²) in [5.74, 6) is -3.85. The summed E-state index contributed by atoms with van der Waals surface area (Å²) in [6.45, 7) is 10.8. The van der Waals surface area contributed by atoms with Crippen LogP contribution in [0.2, 0.25) is 0 Å². The number of amides is 1. The summed E-state index contributed by atoms with van der Waals surface area (Å²) in [6, 6.07) is 2.31. The lowest BCUT2D eigenvalue weighted by molar-refractivity contribution is -0.139. The van der Waals surface area contributed by atoms with E-state index in [9.17, 15) is 28.8 Å². The monoisotopic (exact) mass is 711 g/mol. The summed E-state index contributed by atoms with van der Waals surface area (Å²) in [7, 11) is 0. The number of nitriles is 2. The summed E-state index contributed by atoms with van der Waals surface area (Å²) in [5.41, 5.74) is 13.6. The van der Waals surface area contributed by atoms with Gasteiger partial charge in [0, 0.05) is 31.7 Å². The normalized spacial score (nSPS) is 14.4. The van der Waals surface area contributed by atoms with E-state index in [-0.39, 0.29) is 43.3 Å². The molecule has 0 rings (SSSR count). The molecule has 5 atom stereocenters. The smallest absolute Gasteiger partial charge is 0.320 e. The Morgan fingerprint density at radius 1 is 0.760 bits per heavy atom. The van der Waals surface area contributed by atoms with E-state index in [4.69, 9.17) is 42.4 Å². The highest BCUT2D eigenvalue weighted by atomic mass is 16.4. The van der Waals surface area contributed by atoms with Gasteiger partial charge in [0.05, 0.1) is 12.1 Å². The van der Waals surface area contributed by atoms with Crippen LogP contribution in [0.5, 0.6) is 0 Å². The summed E-state index contributed by atoms with van der Waals surface area (Å²) in [4.78, 5) is 63.9. The van der Waals surface area contributed by atoms with Gasteiger partial charge in [-0.05, 0) is 71.3 Å². The minimum atomic E-state index is -1.17. The summed E-state index contributed by atoms with van der Waals surface area (Å²) in [6.07, 6.45) is 7.09. The van der Waals surface area contributed by atoms with Gasteiger partial charge in [0.1, 0.15) is 23.2 Å². The van der Waals surface area contributed by atoms with E-state index in [1.54, 1.807) is 0 Å². The Kier molecular flexibility index (Phi) is 28.4. The Morgan fingerprint density at radius 2 is 1.18 bits per heavy atom. The minimum absolute atomic E-state index is 0.0348. The Morgan fingerprint density at radius 3 is 1.52 bits per heavy atom. The van der Waals surface area contributed by atoms with Gasteiger partial charge in [-0.1, -0.05) is 33.3 Å². The number of carbonyl (C=O) groups is 6. The highest BCUT2D eigenvalue weighted by molar-refractivity contribution is 5.88. The number of ketones is 1. The lowest BCUT2D eigenvalue weighted by Crippen LogP contribution is -2.58. The van der Waals surface area contributed by atoms with Crippen LogP contribution in [-0.4, -0.2) is 85.7 Å². The minimum Gasteiger partial charge on any atom is -0.481 e. The van der Waals surface area contributed by atoms with Crippen molar-refractivity contribution >= 4 is 35.6 Å². The van der Waals surface area contributed by atoms with E-state index in [0.717, 1.165) is 32.1 Å². The maximum Gasteiger partial charge on any atom is 0.320 e. The first-order valence-electron chi connectivity index (χ1n) is 16.4. The molecule has 17 nitrogen and oxygen atoms in total. The molecular weight excluding hydrogens is 654 g/mol. The molecule has 0 aromatic heterocycles. The first-order chi connectivity index (χ1) is 23.2. The molecule has 17 heteroatoms. The van der Waals surface area contributed by atoms with Crippen molar-refractivity contribution in [2.75, 3.05) is 6.54 Å². The van der Waals surface area contributed by atoms with Crippen molar-refractivity contribution in [3.8, 4) is 12.1 Å². The highest BCUT2D eigenvalue weighted by Gasteiger charge is 2.30. The van der Waals surface area contributed by atoms with E-state index in [0.29, 0.717) is 32.2 Å². The van der Waals surface area contributed by atoms with Gasteiger partial charge in [-0.3, -0.25) is 28.8 Å². The lowest BCUT2D eigenvalue weighted by atomic mass is 9.96. The van der Waals surface area contributed by atoms with Crippen LogP contribution in [-0.2, 0) is 28.8 Å². The number of aliphatic carboxylic acids is 4. The Balaban J connectivity index is -0.000000675. The fourth-order valence-corrected chi connectivity index (χ4v) is 3.53. The molecule has 284 valence electrons. The van der Waals surface area contributed by atoms with Crippen LogP contribution in [0.15, 0.2) is 12.7 Å². The molecule has 11 N–H and O–H groups in total. The quantitative estimate of drug-likeness (QED) is 0.0372. The highest BCUT2D eigenvalue weighted by Crippen LogP contribution is 2.14. The van der Waals surface area contributed by atoms with Crippen molar-refractivity contribution in [2.24, 2.45) is 17.4 Å². The number of nitrogens with one attached hydrogen (secondary N) is 3. The number of unbranched alkanes of at least 4 members (excludes halogenated alkanes) is 3. The van der Waals surface area contributed by atoms with E-state index in [1.807, 2.05) is 26.0 Å². The lowest BCUT2D eigenvalue weighted by Gasteiger charge is -2.30. The van der Waals surface area contributed by atoms with Crippen molar-refractivity contribution in [1.29, 1.82) is 10.5 Å². The molecule has 0 saturated heterocycles. The average molecular weight is 712 g/mol. The van der Waals surface area contributed by atoms with Gasteiger partial charge in [0.25, 0.3) is 0 Å². The topological polar surface area (TPSA) is 319 Å². The average Bonchev–Trinajstić information content (AvgIpc) is 3.08. The van der Waals surface area contributed by atoms with Gasteiger partial charge < -0.3 is 37.2 Å². The third-order valence-corrected chi connectivity index (χ3v) is 7.39.